The average molecular weight is 236 g/mol. The van der Waals surface area contributed by atoms with E-state index in [-0.39, 0.29) is 11.4 Å². The standard InChI is InChI=1S/C11H12O2.2C2H6/c1-11(2)7-10(12)13-9-6-4-3-5-8(9)11;2*1-2/h3-6H,7H2,1-2H3;2*1-2H3. The van der Waals surface area contributed by atoms with Gasteiger partial charge in [0.1, 0.15) is 5.75 Å². The number of ether oxygens (including phenoxy) is 1. The predicted molar refractivity (Wildman–Crippen MR) is 72.4 cm³/mol. The monoisotopic (exact) mass is 236 g/mol. The van der Waals surface area contributed by atoms with Crippen LogP contribution in [0.15, 0.2) is 24.3 Å². The van der Waals surface area contributed by atoms with Crippen LogP contribution in [0.3, 0.4) is 0 Å². The topological polar surface area (TPSA) is 26.3 Å². The molecule has 0 amide bonds. The van der Waals surface area contributed by atoms with E-state index in [0.29, 0.717) is 12.2 Å². The quantitative estimate of drug-likeness (QED) is 0.495. The van der Waals surface area contributed by atoms with Crippen LogP contribution in [0.5, 0.6) is 5.75 Å². The molecule has 0 fully saturated rings. The number of para-hydroxylation sites is 1. The van der Waals surface area contributed by atoms with Crippen LogP contribution in [0.25, 0.3) is 0 Å². The highest BCUT2D eigenvalue weighted by atomic mass is 16.5. The molecule has 2 nitrogen and oxygen atoms in total. The van der Waals surface area contributed by atoms with Gasteiger partial charge in [0.05, 0.1) is 6.42 Å². The Kier molecular flexibility index (Phi) is 6.55. The van der Waals surface area contributed by atoms with Crippen molar-refractivity contribution in [2.75, 3.05) is 0 Å². The number of hydrogen-bond acceptors (Lipinski definition) is 2. The van der Waals surface area contributed by atoms with Crippen LogP contribution >= 0.6 is 0 Å². The highest BCUT2D eigenvalue weighted by Crippen LogP contribution is 2.38. The van der Waals surface area contributed by atoms with E-state index in [9.17, 15) is 4.79 Å². The largest absolute Gasteiger partial charge is 0.426 e. The highest BCUT2D eigenvalue weighted by Gasteiger charge is 2.32. The van der Waals surface area contributed by atoms with E-state index in [4.69, 9.17) is 4.74 Å². The van der Waals surface area contributed by atoms with Gasteiger partial charge in [0.2, 0.25) is 0 Å². The molecule has 2 heteroatoms. The lowest BCUT2D eigenvalue weighted by atomic mass is 9.80. The van der Waals surface area contributed by atoms with Gasteiger partial charge in [0.15, 0.2) is 0 Å². The van der Waals surface area contributed by atoms with E-state index < -0.39 is 0 Å². The summed E-state index contributed by atoms with van der Waals surface area (Å²) >= 11 is 0. The molecule has 0 N–H and O–H groups in total. The summed E-state index contributed by atoms with van der Waals surface area (Å²) in [5, 5.41) is 0. The molecule has 0 bridgehead atoms. The van der Waals surface area contributed by atoms with Crippen molar-refractivity contribution in [3.63, 3.8) is 0 Å². The summed E-state index contributed by atoms with van der Waals surface area (Å²) in [5.41, 5.74) is 1.03. The minimum absolute atomic E-state index is 0.0913. The lowest BCUT2D eigenvalue weighted by Crippen LogP contribution is -2.30. The molecule has 0 atom stereocenters. The molecular formula is C15H24O2. The number of hydrogen-bond donors (Lipinski definition) is 0. The first-order chi connectivity index (χ1) is 8.09. The van der Waals surface area contributed by atoms with Crippen molar-refractivity contribution in [3.8, 4) is 5.75 Å². The summed E-state index contributed by atoms with van der Waals surface area (Å²) in [5.74, 6) is 0.576. The fourth-order valence-electron chi connectivity index (χ4n) is 1.73. The Morgan fingerprint density at radius 1 is 1.06 bits per heavy atom. The highest BCUT2D eigenvalue weighted by molar-refractivity contribution is 5.77. The number of rotatable bonds is 0. The second-order valence-corrected chi connectivity index (χ2v) is 4.03. The maximum atomic E-state index is 11.2. The third-order valence-corrected chi connectivity index (χ3v) is 2.43. The van der Waals surface area contributed by atoms with Crippen LogP contribution in [-0.2, 0) is 10.2 Å². The normalized spacial score (nSPS) is 15.3. The Bertz CT molecular complexity index is 354. The molecule has 0 aromatic heterocycles. The van der Waals surface area contributed by atoms with Crippen LogP contribution in [-0.4, -0.2) is 5.97 Å². The maximum Gasteiger partial charge on any atom is 0.312 e. The van der Waals surface area contributed by atoms with Crippen molar-refractivity contribution in [3.05, 3.63) is 29.8 Å². The SMILES string of the molecule is CC.CC.CC1(C)CC(=O)Oc2ccccc21. The molecule has 0 saturated carbocycles. The van der Waals surface area contributed by atoms with Crippen molar-refractivity contribution in [1.29, 1.82) is 0 Å². The smallest absolute Gasteiger partial charge is 0.312 e. The molecule has 96 valence electrons. The molecule has 1 heterocycles. The molecule has 1 aromatic rings. The maximum absolute atomic E-state index is 11.2. The first-order valence-corrected chi connectivity index (χ1v) is 6.40. The molecule has 1 aromatic carbocycles. The molecular weight excluding hydrogens is 212 g/mol. The van der Waals surface area contributed by atoms with Gasteiger partial charge in [0.25, 0.3) is 0 Å². The Labute approximate surface area is 105 Å². The van der Waals surface area contributed by atoms with Crippen molar-refractivity contribution in [2.24, 2.45) is 0 Å². The van der Waals surface area contributed by atoms with Gasteiger partial charge in [-0.2, -0.15) is 0 Å². The third-order valence-electron chi connectivity index (χ3n) is 2.43. The van der Waals surface area contributed by atoms with Gasteiger partial charge in [-0.1, -0.05) is 59.7 Å². The number of esters is 1. The van der Waals surface area contributed by atoms with Gasteiger partial charge < -0.3 is 4.74 Å². The zero-order valence-electron chi connectivity index (χ0n) is 11.8. The van der Waals surface area contributed by atoms with Crippen LogP contribution in [0.2, 0.25) is 0 Å². The lowest BCUT2D eigenvalue weighted by molar-refractivity contribution is -0.136. The second kappa shape index (κ2) is 7.10. The number of fused-ring (bicyclic) bond motifs is 1. The fourth-order valence-corrected chi connectivity index (χ4v) is 1.73. The predicted octanol–water partition coefficient (Wildman–Crippen LogP) is 4.33. The Balaban J connectivity index is 0.000000581. The Hall–Kier alpha value is -1.31. The fraction of sp³-hybridized carbons (Fsp3) is 0.533. The molecule has 0 saturated heterocycles. The summed E-state index contributed by atoms with van der Waals surface area (Å²) in [6.45, 7) is 12.1. The minimum Gasteiger partial charge on any atom is -0.426 e. The lowest BCUT2D eigenvalue weighted by Gasteiger charge is -2.30. The van der Waals surface area contributed by atoms with Crippen LogP contribution in [0.4, 0.5) is 0 Å². The minimum atomic E-state index is -0.135. The van der Waals surface area contributed by atoms with Crippen molar-refractivity contribution in [1.82, 2.24) is 0 Å². The third kappa shape index (κ3) is 3.88. The van der Waals surface area contributed by atoms with E-state index in [1.165, 1.54) is 0 Å². The molecule has 0 aliphatic carbocycles. The van der Waals surface area contributed by atoms with E-state index in [2.05, 4.69) is 13.8 Å². The van der Waals surface area contributed by atoms with Crippen LogP contribution in [0, 0.1) is 0 Å². The molecule has 0 radical (unpaired) electrons. The molecule has 2 rings (SSSR count). The number of carbonyl (C=O) groups is 1. The second-order valence-electron chi connectivity index (χ2n) is 4.03. The summed E-state index contributed by atoms with van der Waals surface area (Å²) in [4.78, 5) is 11.2. The molecule has 0 spiro atoms. The van der Waals surface area contributed by atoms with E-state index in [0.717, 1.165) is 5.56 Å². The van der Waals surface area contributed by atoms with Crippen molar-refractivity contribution in [2.45, 2.75) is 53.4 Å². The van der Waals surface area contributed by atoms with Gasteiger partial charge >= 0.3 is 5.97 Å². The van der Waals surface area contributed by atoms with Gasteiger partial charge in [-0.15, -0.1) is 0 Å². The first kappa shape index (κ1) is 15.7. The average Bonchev–Trinajstić information content (AvgIpc) is 2.33. The van der Waals surface area contributed by atoms with E-state index in [1.807, 2.05) is 52.0 Å². The van der Waals surface area contributed by atoms with Gasteiger partial charge in [0, 0.05) is 11.0 Å². The van der Waals surface area contributed by atoms with Crippen LogP contribution < -0.4 is 4.74 Å². The summed E-state index contributed by atoms with van der Waals surface area (Å²) in [6.07, 6.45) is 0.462. The first-order valence-electron chi connectivity index (χ1n) is 6.40. The molecule has 17 heavy (non-hydrogen) atoms. The van der Waals surface area contributed by atoms with Crippen molar-refractivity contribution < 1.29 is 9.53 Å². The summed E-state index contributed by atoms with van der Waals surface area (Å²) in [7, 11) is 0. The van der Waals surface area contributed by atoms with Gasteiger partial charge in [-0.05, 0) is 6.07 Å². The number of carbonyl (C=O) groups excluding carboxylic acids is 1. The Morgan fingerprint density at radius 2 is 1.59 bits per heavy atom. The van der Waals surface area contributed by atoms with E-state index >= 15 is 0 Å². The Morgan fingerprint density at radius 3 is 2.18 bits per heavy atom. The zero-order valence-corrected chi connectivity index (χ0v) is 11.8. The van der Waals surface area contributed by atoms with Gasteiger partial charge in [-0.25, -0.2) is 0 Å². The zero-order chi connectivity index (χ0) is 13.5. The summed E-state index contributed by atoms with van der Waals surface area (Å²) in [6, 6.07) is 7.71. The molecule has 1 aliphatic rings. The van der Waals surface area contributed by atoms with Gasteiger partial charge in [-0.3, -0.25) is 4.79 Å². The van der Waals surface area contributed by atoms with E-state index in [1.54, 1.807) is 0 Å². The number of benzene rings is 1. The molecule has 0 unspecified atom stereocenters. The molecule has 1 aliphatic heterocycles. The van der Waals surface area contributed by atoms with Crippen LogP contribution in [0.1, 0.15) is 53.5 Å². The summed E-state index contributed by atoms with van der Waals surface area (Å²) < 4.78 is 5.13. The van der Waals surface area contributed by atoms with Crippen molar-refractivity contribution >= 4 is 5.97 Å².